The summed E-state index contributed by atoms with van der Waals surface area (Å²) in [4.78, 5) is 15.2. The van der Waals surface area contributed by atoms with Crippen LogP contribution in [0.1, 0.15) is 38.2 Å². The second-order valence-electron chi connectivity index (χ2n) is 5.48. The Kier molecular flexibility index (Phi) is 4.78. The molecule has 0 saturated carbocycles. The smallest absolute Gasteiger partial charge is 0.267 e. The van der Waals surface area contributed by atoms with E-state index in [1.807, 2.05) is 23.6 Å². The van der Waals surface area contributed by atoms with E-state index in [0.29, 0.717) is 10.1 Å². The number of carbonyl (C=O) groups is 1. The van der Waals surface area contributed by atoms with Crippen LogP contribution in [-0.2, 0) is 0 Å². The zero-order chi connectivity index (χ0) is 15.5. The molecule has 3 rings (SSSR count). The quantitative estimate of drug-likeness (QED) is 0.844. The second-order valence-corrected chi connectivity index (χ2v) is 7.55. The Labute approximate surface area is 139 Å². The van der Waals surface area contributed by atoms with E-state index in [9.17, 15) is 4.79 Å². The molecule has 1 atom stereocenters. The largest absolute Gasteiger partial charge is 0.337 e. The minimum Gasteiger partial charge on any atom is -0.337 e. The highest BCUT2D eigenvalue weighted by Crippen LogP contribution is 2.36. The maximum absolute atomic E-state index is 12.6. The zero-order valence-electron chi connectivity index (χ0n) is 12.8. The van der Waals surface area contributed by atoms with Crippen molar-refractivity contribution in [3.63, 3.8) is 0 Å². The lowest BCUT2D eigenvalue weighted by Gasteiger charge is -2.20. The van der Waals surface area contributed by atoms with Crippen molar-refractivity contribution in [3.8, 4) is 0 Å². The highest BCUT2D eigenvalue weighted by atomic mass is 32.2. The summed E-state index contributed by atoms with van der Waals surface area (Å²) in [6.45, 7) is 5.60. The Balaban J connectivity index is 1.72. The summed E-state index contributed by atoms with van der Waals surface area (Å²) in [6.07, 6.45) is 0.993. The van der Waals surface area contributed by atoms with Crippen LogP contribution in [0.4, 0.5) is 0 Å². The molecule has 1 fully saturated rings. The van der Waals surface area contributed by atoms with Gasteiger partial charge < -0.3 is 4.90 Å². The van der Waals surface area contributed by atoms with Crippen molar-refractivity contribution >= 4 is 29.2 Å². The molecule has 0 N–H and O–H groups in total. The van der Waals surface area contributed by atoms with Gasteiger partial charge in [0, 0.05) is 24.1 Å². The summed E-state index contributed by atoms with van der Waals surface area (Å²) >= 11 is 3.15. The van der Waals surface area contributed by atoms with Gasteiger partial charge in [0.2, 0.25) is 0 Å². The summed E-state index contributed by atoms with van der Waals surface area (Å²) < 4.78 is 3.87. The molecule has 4 nitrogen and oxygen atoms in total. The number of carbonyl (C=O) groups excluding carboxylic acids is 1. The topological polar surface area (TPSA) is 46.1 Å². The third-order valence-electron chi connectivity index (χ3n) is 4.01. The summed E-state index contributed by atoms with van der Waals surface area (Å²) in [6, 6.07) is 8.55. The molecule has 0 radical (unpaired) electrons. The fourth-order valence-electron chi connectivity index (χ4n) is 2.74. The summed E-state index contributed by atoms with van der Waals surface area (Å²) in [5.41, 5.74) is 3.47. The van der Waals surface area contributed by atoms with Gasteiger partial charge in [-0.1, -0.05) is 28.8 Å². The minimum atomic E-state index is 0.0820. The van der Waals surface area contributed by atoms with E-state index < -0.39 is 0 Å². The van der Waals surface area contributed by atoms with Gasteiger partial charge >= 0.3 is 0 Å². The number of benzene rings is 1. The number of nitrogens with zero attached hydrogens (tertiary/aromatic N) is 3. The van der Waals surface area contributed by atoms with Crippen LogP contribution in [0.5, 0.6) is 0 Å². The van der Waals surface area contributed by atoms with Crippen LogP contribution < -0.4 is 0 Å². The lowest BCUT2D eigenvalue weighted by Crippen LogP contribution is -2.32. The number of thioether (sulfide) groups is 1. The lowest BCUT2D eigenvalue weighted by molar-refractivity contribution is 0.0770. The van der Waals surface area contributed by atoms with E-state index in [-0.39, 0.29) is 5.91 Å². The van der Waals surface area contributed by atoms with Gasteiger partial charge in [-0.25, -0.2) is 0 Å². The first-order valence-electron chi connectivity index (χ1n) is 7.42. The van der Waals surface area contributed by atoms with Crippen LogP contribution in [0.2, 0.25) is 0 Å². The monoisotopic (exact) mass is 333 g/mol. The highest BCUT2D eigenvalue weighted by Gasteiger charge is 2.25. The molecule has 1 amide bonds. The van der Waals surface area contributed by atoms with Gasteiger partial charge in [-0.2, -0.15) is 11.8 Å². The zero-order valence-corrected chi connectivity index (χ0v) is 14.4. The van der Waals surface area contributed by atoms with Crippen LogP contribution in [0.25, 0.3) is 0 Å². The van der Waals surface area contributed by atoms with Gasteiger partial charge in [0.1, 0.15) is 4.88 Å². The Morgan fingerprint density at radius 3 is 2.82 bits per heavy atom. The van der Waals surface area contributed by atoms with Crippen LogP contribution in [0.15, 0.2) is 24.3 Å². The van der Waals surface area contributed by atoms with Crippen LogP contribution in [-0.4, -0.2) is 39.2 Å². The Morgan fingerprint density at radius 2 is 2.09 bits per heavy atom. The van der Waals surface area contributed by atoms with Gasteiger partial charge in [-0.15, -0.1) is 5.10 Å². The summed E-state index contributed by atoms with van der Waals surface area (Å²) in [5.74, 6) is 1.05. The number of hydrogen-bond acceptors (Lipinski definition) is 5. The fraction of sp³-hybridized carbons (Fsp3) is 0.438. The first kappa shape index (κ1) is 15.5. The SMILES string of the molecule is Cc1ccccc1C1CCN(C(=O)c2snnc2C)CCS1. The normalized spacial score (nSPS) is 19.0. The molecular weight excluding hydrogens is 314 g/mol. The average molecular weight is 333 g/mol. The van der Waals surface area contributed by atoms with Crippen LogP contribution in [0.3, 0.4) is 0 Å². The van der Waals surface area contributed by atoms with E-state index in [2.05, 4.69) is 40.8 Å². The highest BCUT2D eigenvalue weighted by molar-refractivity contribution is 7.99. The number of aryl methyl sites for hydroxylation is 2. The number of rotatable bonds is 2. The Bertz CT molecular complexity index is 671. The van der Waals surface area contributed by atoms with Crippen molar-refractivity contribution in [3.05, 3.63) is 46.0 Å². The Morgan fingerprint density at radius 1 is 1.27 bits per heavy atom. The maximum atomic E-state index is 12.6. The van der Waals surface area contributed by atoms with Crippen molar-refractivity contribution in [1.29, 1.82) is 0 Å². The molecule has 22 heavy (non-hydrogen) atoms. The van der Waals surface area contributed by atoms with E-state index in [1.165, 1.54) is 22.7 Å². The van der Waals surface area contributed by atoms with Crippen LogP contribution >= 0.6 is 23.3 Å². The van der Waals surface area contributed by atoms with E-state index in [0.717, 1.165) is 31.0 Å². The number of aromatic nitrogens is 2. The molecule has 2 heterocycles. The minimum absolute atomic E-state index is 0.0820. The van der Waals surface area contributed by atoms with Crippen molar-refractivity contribution in [2.45, 2.75) is 25.5 Å². The van der Waals surface area contributed by atoms with Gasteiger partial charge in [-0.05, 0) is 42.9 Å². The summed E-state index contributed by atoms with van der Waals surface area (Å²) in [7, 11) is 0. The van der Waals surface area contributed by atoms with Gasteiger partial charge in [-0.3, -0.25) is 4.79 Å². The van der Waals surface area contributed by atoms with E-state index >= 15 is 0 Å². The van der Waals surface area contributed by atoms with E-state index in [4.69, 9.17) is 0 Å². The molecule has 0 spiro atoms. The number of hydrogen-bond donors (Lipinski definition) is 0. The molecule has 1 aromatic heterocycles. The van der Waals surface area contributed by atoms with E-state index in [1.54, 1.807) is 0 Å². The molecule has 0 aliphatic carbocycles. The summed E-state index contributed by atoms with van der Waals surface area (Å²) in [5, 5.41) is 4.42. The standard InChI is InChI=1S/C16H19N3OS2/c1-11-5-3-4-6-13(11)14-7-8-19(9-10-21-14)16(20)15-12(2)17-18-22-15/h3-6,14H,7-10H2,1-2H3. The van der Waals surface area contributed by atoms with Crippen molar-refractivity contribution in [2.75, 3.05) is 18.8 Å². The third-order valence-corrected chi connectivity index (χ3v) is 6.14. The molecule has 6 heteroatoms. The predicted octanol–water partition coefficient (Wildman–Crippen LogP) is 3.48. The lowest BCUT2D eigenvalue weighted by atomic mass is 10.0. The van der Waals surface area contributed by atoms with Crippen molar-refractivity contribution in [2.24, 2.45) is 0 Å². The maximum Gasteiger partial charge on any atom is 0.267 e. The van der Waals surface area contributed by atoms with Gasteiger partial charge in [0.15, 0.2) is 0 Å². The van der Waals surface area contributed by atoms with Crippen LogP contribution in [0, 0.1) is 13.8 Å². The molecule has 1 saturated heterocycles. The molecule has 116 valence electrons. The predicted molar refractivity (Wildman–Crippen MR) is 91.5 cm³/mol. The molecule has 0 bridgehead atoms. The molecule has 2 aromatic rings. The third kappa shape index (κ3) is 3.17. The first-order chi connectivity index (χ1) is 10.7. The van der Waals surface area contributed by atoms with Crippen molar-refractivity contribution < 1.29 is 4.79 Å². The molecule has 1 aliphatic heterocycles. The molecule has 1 aromatic carbocycles. The number of amides is 1. The second kappa shape index (κ2) is 6.79. The fourth-order valence-corrected chi connectivity index (χ4v) is 4.69. The first-order valence-corrected chi connectivity index (χ1v) is 9.24. The Hall–Kier alpha value is -1.40. The average Bonchev–Trinajstić information content (AvgIpc) is 2.80. The van der Waals surface area contributed by atoms with Crippen molar-refractivity contribution in [1.82, 2.24) is 14.5 Å². The molecule has 1 unspecified atom stereocenters. The molecule has 1 aliphatic rings. The van der Waals surface area contributed by atoms with Gasteiger partial charge in [0.05, 0.1) is 5.69 Å². The molecular formula is C16H19N3OS2. The van der Waals surface area contributed by atoms with Gasteiger partial charge in [0.25, 0.3) is 5.91 Å².